The molecule has 0 fully saturated rings. The Bertz CT molecular complexity index is 448. The van der Waals surface area contributed by atoms with Crippen molar-refractivity contribution in [2.45, 2.75) is 12.7 Å². The molecule has 0 heterocycles. The van der Waals surface area contributed by atoms with E-state index in [9.17, 15) is 12.6 Å². The maximum absolute atomic E-state index is 11.1. The highest BCUT2D eigenvalue weighted by Crippen LogP contribution is 2.09. The van der Waals surface area contributed by atoms with Crippen molar-refractivity contribution in [3.63, 3.8) is 0 Å². The van der Waals surface area contributed by atoms with Crippen LogP contribution in [0.1, 0.15) is 11.1 Å². The maximum atomic E-state index is 11.1. The van der Waals surface area contributed by atoms with Crippen LogP contribution in [0.2, 0.25) is 0 Å². The van der Waals surface area contributed by atoms with Gasteiger partial charge in [-0.2, -0.15) is 12.6 Å². The van der Waals surface area contributed by atoms with Crippen molar-refractivity contribution in [3.8, 4) is 0 Å². The lowest BCUT2D eigenvalue weighted by molar-refractivity contribution is 0.442. The summed E-state index contributed by atoms with van der Waals surface area (Å²) in [4.78, 5) is 0. The molecule has 0 spiro atoms. The topological polar surface area (TPSA) is 80.7 Å². The highest BCUT2D eigenvalue weighted by Gasteiger charge is 2.15. The molecule has 0 saturated carbocycles. The van der Waals surface area contributed by atoms with Crippen LogP contribution in [0.25, 0.3) is 0 Å². The molecular weight excluding hydrogens is 240 g/mol. The van der Waals surface area contributed by atoms with E-state index in [1.807, 2.05) is 6.92 Å². The Labute approximate surface area is 90.7 Å². The van der Waals surface area contributed by atoms with E-state index in [4.69, 9.17) is 4.55 Å². The van der Waals surface area contributed by atoms with Gasteiger partial charge in [-0.05, 0) is 12.5 Å². The second kappa shape index (κ2) is 4.84. The van der Waals surface area contributed by atoms with E-state index < -0.39 is 27.2 Å². The van der Waals surface area contributed by atoms with Gasteiger partial charge in [-0.1, -0.05) is 29.8 Å². The zero-order valence-corrected chi connectivity index (χ0v) is 9.55. The van der Waals surface area contributed by atoms with Crippen molar-refractivity contribution in [1.82, 2.24) is 0 Å². The molecule has 0 amide bonds. The summed E-state index contributed by atoms with van der Waals surface area (Å²) in [5.41, 5.74) is 1.51. The lowest BCUT2D eigenvalue weighted by Crippen LogP contribution is -2.10. The summed E-state index contributed by atoms with van der Waals surface area (Å²) in [5, 5.41) is 0. The monoisotopic (exact) mass is 250 g/mol. The Kier molecular flexibility index (Phi) is 3.97. The van der Waals surface area contributed by atoms with Gasteiger partial charge in [0.05, 0.1) is 0 Å². The molecule has 0 aliphatic rings. The molecule has 1 N–H and O–H groups in total. The van der Waals surface area contributed by atoms with Crippen molar-refractivity contribution in [1.29, 1.82) is 0 Å². The van der Waals surface area contributed by atoms with Crippen molar-refractivity contribution < 1.29 is 20.8 Å². The summed E-state index contributed by atoms with van der Waals surface area (Å²) in [7, 11) is -4.00. The fourth-order valence-corrected chi connectivity index (χ4v) is 2.50. The molecule has 1 atom stereocenters. The molecule has 5 nitrogen and oxygen atoms in total. The van der Waals surface area contributed by atoms with Crippen LogP contribution in [0.3, 0.4) is 0 Å². The number of hydrogen-bond acceptors (Lipinski definition) is 4. The smallest absolute Gasteiger partial charge is 0.283 e. The van der Waals surface area contributed by atoms with Gasteiger partial charge < -0.3 is 0 Å². The maximum Gasteiger partial charge on any atom is 0.317 e. The fourth-order valence-electron chi connectivity index (χ4n) is 1.00. The third kappa shape index (κ3) is 4.52. The SMILES string of the molecule is Cc1ccc(CS(=O)(=O)OS(=O)O)cc1. The normalized spacial score (nSPS) is 13.7. The fraction of sp³-hybridized carbons (Fsp3) is 0.250. The largest absolute Gasteiger partial charge is 0.317 e. The van der Waals surface area contributed by atoms with Gasteiger partial charge in [-0.15, -0.1) is 3.63 Å². The van der Waals surface area contributed by atoms with Crippen molar-refractivity contribution >= 4 is 21.5 Å². The number of benzene rings is 1. The zero-order valence-electron chi connectivity index (χ0n) is 7.91. The number of hydrogen-bond donors (Lipinski definition) is 1. The molecule has 1 rings (SSSR count). The molecule has 84 valence electrons. The molecule has 0 radical (unpaired) electrons. The van der Waals surface area contributed by atoms with E-state index in [0.717, 1.165) is 5.56 Å². The van der Waals surface area contributed by atoms with E-state index in [1.54, 1.807) is 24.3 Å². The van der Waals surface area contributed by atoms with Gasteiger partial charge in [0, 0.05) is 0 Å². The first kappa shape index (κ1) is 12.3. The summed E-state index contributed by atoms with van der Waals surface area (Å²) >= 11 is -2.80. The van der Waals surface area contributed by atoms with E-state index in [-0.39, 0.29) is 0 Å². The minimum atomic E-state index is -4.00. The van der Waals surface area contributed by atoms with E-state index in [1.165, 1.54) is 0 Å². The van der Waals surface area contributed by atoms with Crippen molar-refractivity contribution in [2.24, 2.45) is 0 Å². The number of aryl methyl sites for hydroxylation is 1. The summed E-state index contributed by atoms with van der Waals surface area (Å²) in [6.07, 6.45) is 0. The predicted molar refractivity (Wildman–Crippen MR) is 55.7 cm³/mol. The van der Waals surface area contributed by atoms with Crippen LogP contribution in [0.5, 0.6) is 0 Å². The third-order valence-corrected chi connectivity index (χ3v) is 3.61. The first-order valence-corrected chi connectivity index (χ1v) is 6.59. The Balaban J connectivity index is 2.78. The van der Waals surface area contributed by atoms with Gasteiger partial charge in [0.1, 0.15) is 5.75 Å². The molecule has 15 heavy (non-hydrogen) atoms. The summed E-state index contributed by atoms with van der Waals surface area (Å²) in [6, 6.07) is 6.74. The van der Waals surface area contributed by atoms with Crippen molar-refractivity contribution in [2.75, 3.05) is 0 Å². The molecule has 0 aliphatic carbocycles. The van der Waals surface area contributed by atoms with E-state index in [2.05, 4.69) is 3.63 Å². The number of rotatable bonds is 4. The van der Waals surface area contributed by atoms with Crippen LogP contribution in [-0.4, -0.2) is 17.2 Å². The Morgan fingerprint density at radius 2 is 1.87 bits per heavy atom. The summed E-state index contributed by atoms with van der Waals surface area (Å²) in [6.45, 7) is 1.87. The molecule has 7 heteroatoms. The van der Waals surface area contributed by atoms with Gasteiger partial charge in [0.2, 0.25) is 0 Å². The second-order valence-electron chi connectivity index (χ2n) is 2.97. The van der Waals surface area contributed by atoms with Crippen LogP contribution < -0.4 is 0 Å². The average molecular weight is 250 g/mol. The van der Waals surface area contributed by atoms with Crippen LogP contribution in [0, 0.1) is 6.92 Å². The Morgan fingerprint density at radius 1 is 1.33 bits per heavy atom. The standard InChI is InChI=1S/C8H10O5S2/c1-7-2-4-8(5-3-7)6-15(11,12)13-14(9)10/h2-5H,6H2,1H3,(H,9,10). The van der Waals surface area contributed by atoms with E-state index >= 15 is 0 Å². The molecule has 0 saturated heterocycles. The predicted octanol–water partition coefficient (Wildman–Crippen LogP) is 0.978. The van der Waals surface area contributed by atoms with Crippen LogP contribution in [0.15, 0.2) is 24.3 Å². The van der Waals surface area contributed by atoms with Gasteiger partial charge in [-0.25, -0.2) is 0 Å². The summed E-state index contributed by atoms with van der Waals surface area (Å²) < 4.78 is 44.6. The van der Waals surface area contributed by atoms with Crippen LogP contribution >= 0.6 is 0 Å². The molecule has 1 aromatic rings. The average Bonchev–Trinajstić information content (AvgIpc) is 2.06. The third-order valence-electron chi connectivity index (χ3n) is 1.63. The lowest BCUT2D eigenvalue weighted by atomic mass is 10.2. The molecule has 1 aromatic carbocycles. The van der Waals surface area contributed by atoms with Gasteiger partial charge in [-0.3, -0.25) is 4.55 Å². The summed E-state index contributed by atoms with van der Waals surface area (Å²) in [5.74, 6) is -0.417. The lowest BCUT2D eigenvalue weighted by Gasteiger charge is -2.01. The zero-order chi connectivity index (χ0) is 11.5. The molecule has 0 aliphatic heterocycles. The quantitative estimate of drug-likeness (QED) is 0.805. The minimum Gasteiger partial charge on any atom is -0.283 e. The van der Waals surface area contributed by atoms with Gasteiger partial charge >= 0.3 is 11.4 Å². The highest BCUT2D eigenvalue weighted by molar-refractivity contribution is 7.94. The first-order chi connectivity index (χ1) is 6.89. The van der Waals surface area contributed by atoms with E-state index in [0.29, 0.717) is 5.56 Å². The Morgan fingerprint density at radius 3 is 2.33 bits per heavy atom. The first-order valence-electron chi connectivity index (χ1n) is 3.98. The minimum absolute atomic E-state index is 0.417. The highest BCUT2D eigenvalue weighted by atomic mass is 32.3. The molecule has 1 unspecified atom stereocenters. The van der Waals surface area contributed by atoms with Gasteiger partial charge in [0.15, 0.2) is 0 Å². The molecule has 0 aromatic heterocycles. The van der Waals surface area contributed by atoms with Crippen LogP contribution in [0.4, 0.5) is 0 Å². The van der Waals surface area contributed by atoms with Crippen LogP contribution in [-0.2, 0) is 30.9 Å². The second-order valence-corrected chi connectivity index (χ2v) is 5.36. The van der Waals surface area contributed by atoms with Gasteiger partial charge in [0.25, 0.3) is 10.1 Å². The molecule has 0 bridgehead atoms. The molecular formula is C8H10O5S2. The Hall–Kier alpha value is -0.760. The van der Waals surface area contributed by atoms with Crippen molar-refractivity contribution in [3.05, 3.63) is 35.4 Å².